The van der Waals surface area contributed by atoms with Gasteiger partial charge >= 0.3 is 0 Å². The molecule has 11 aromatic rings. The van der Waals surface area contributed by atoms with E-state index in [0.717, 1.165) is 100 Å². The first-order valence-corrected chi connectivity index (χ1v) is 22.5. The van der Waals surface area contributed by atoms with Gasteiger partial charge in [-0.05, 0) is 133 Å². The first kappa shape index (κ1) is 37.6. The van der Waals surface area contributed by atoms with E-state index in [0.29, 0.717) is 11.3 Å². The Kier molecular flexibility index (Phi) is 10.3. The van der Waals surface area contributed by atoms with E-state index < -0.39 is 6.85 Å². The van der Waals surface area contributed by atoms with Gasteiger partial charge in [0.2, 0.25) is 0 Å². The Bertz CT molecular complexity index is 3450. The molecule has 0 atom stereocenters. The average molecular weight is 859 g/mol. The first-order chi connectivity index (χ1) is 34.3. The Morgan fingerprint density at radius 1 is 0.254 bits per heavy atom. The number of hydrogen-bond donors (Lipinski definition) is 0. The third-order valence-corrected chi connectivity index (χ3v) is 12.4. The van der Waals surface area contributed by atoms with Crippen molar-refractivity contribution in [1.29, 1.82) is 0 Å². The zero-order chi connectivity index (χ0) is 47.4. The summed E-state index contributed by atoms with van der Waals surface area (Å²) >= 11 is 0. The van der Waals surface area contributed by atoms with Gasteiger partial charge in [0.25, 0.3) is 0 Å². The van der Waals surface area contributed by atoms with Crippen molar-refractivity contribution < 1.29 is 4.11 Å². The zero-order valence-corrected chi connectivity index (χ0v) is 36.6. The minimum Gasteiger partial charge on any atom is -0.256 e. The molecule has 0 saturated carbocycles. The monoisotopic (exact) mass is 858 g/mol. The number of rotatable bonds is 10. The highest BCUT2D eigenvalue weighted by Gasteiger charge is 2.17. The second-order valence-corrected chi connectivity index (χ2v) is 16.6. The summed E-state index contributed by atoms with van der Waals surface area (Å²) in [6, 6.07) is 81.7. The van der Waals surface area contributed by atoms with E-state index in [-0.39, 0.29) is 5.56 Å². The number of benzene rings is 8. The van der Waals surface area contributed by atoms with E-state index in [4.69, 9.17) is 9.10 Å². The molecule has 3 heterocycles. The molecule has 0 saturated heterocycles. The summed E-state index contributed by atoms with van der Waals surface area (Å²) in [5.41, 5.74) is 20.4. The van der Waals surface area contributed by atoms with Gasteiger partial charge in [0.05, 0.1) is 17.1 Å². The van der Waals surface area contributed by atoms with Crippen molar-refractivity contribution in [3.63, 3.8) is 0 Å². The van der Waals surface area contributed by atoms with Crippen LogP contribution in [0.5, 0.6) is 0 Å². The van der Waals surface area contributed by atoms with E-state index in [9.17, 15) is 0 Å². The summed E-state index contributed by atoms with van der Waals surface area (Å²) in [7, 11) is 0. The minimum atomic E-state index is -2.31. The number of nitrogens with zero attached hydrogens (tertiary/aromatic N) is 3. The molecule has 0 aliphatic carbocycles. The van der Waals surface area contributed by atoms with Gasteiger partial charge < -0.3 is 0 Å². The zero-order valence-electron chi connectivity index (χ0n) is 39.6. The third-order valence-electron chi connectivity index (χ3n) is 12.4. The molecule has 0 unspecified atom stereocenters. The van der Waals surface area contributed by atoms with Gasteiger partial charge in [-0.3, -0.25) is 15.0 Å². The third kappa shape index (κ3) is 8.50. The van der Waals surface area contributed by atoms with Crippen LogP contribution in [0, 0.1) is 6.85 Å². The molecule has 0 spiro atoms. The van der Waals surface area contributed by atoms with Crippen LogP contribution in [-0.4, -0.2) is 15.0 Å². The SMILES string of the molecule is [2H]C([2H])([2H])c1cc(-c2ccc(-c3ccccc3-c3cc(-c4ccccc4-c4ccc(-c5ccccn5)cc4)cc(-c4ccccc4-c4ccc(-c5ccccn5)cc4)c3)cc2)ncc1-c1ccccc1. The summed E-state index contributed by atoms with van der Waals surface area (Å²) in [6.07, 6.45) is 5.34. The fourth-order valence-electron chi connectivity index (χ4n) is 9.04. The molecule has 0 aliphatic heterocycles. The van der Waals surface area contributed by atoms with Crippen molar-refractivity contribution in [3.05, 3.63) is 261 Å². The van der Waals surface area contributed by atoms with Crippen LogP contribution in [0.3, 0.4) is 0 Å². The van der Waals surface area contributed by atoms with Crippen LogP contribution in [0.1, 0.15) is 9.68 Å². The quantitative estimate of drug-likeness (QED) is 0.138. The van der Waals surface area contributed by atoms with Crippen LogP contribution in [0.15, 0.2) is 255 Å². The molecule has 0 radical (unpaired) electrons. The normalized spacial score (nSPS) is 11.9. The topological polar surface area (TPSA) is 38.7 Å². The van der Waals surface area contributed by atoms with Crippen LogP contribution >= 0.6 is 0 Å². The molecule has 3 heteroatoms. The lowest BCUT2D eigenvalue weighted by Gasteiger charge is -2.18. The fourth-order valence-corrected chi connectivity index (χ4v) is 9.04. The summed E-state index contributed by atoms with van der Waals surface area (Å²) < 4.78 is 25.2. The smallest absolute Gasteiger partial charge is 0.0705 e. The Morgan fingerprint density at radius 2 is 0.582 bits per heavy atom. The van der Waals surface area contributed by atoms with Crippen molar-refractivity contribution in [1.82, 2.24) is 15.0 Å². The Hall–Kier alpha value is -8.79. The minimum absolute atomic E-state index is 0.278. The number of aromatic nitrogens is 3. The number of hydrogen-bond acceptors (Lipinski definition) is 3. The van der Waals surface area contributed by atoms with Crippen molar-refractivity contribution >= 4 is 0 Å². The molecule has 11 rings (SSSR count). The van der Waals surface area contributed by atoms with Gasteiger partial charge in [-0.1, -0.05) is 188 Å². The molecule has 0 fully saturated rings. The van der Waals surface area contributed by atoms with E-state index in [1.807, 2.05) is 91.3 Å². The average Bonchev–Trinajstić information content (AvgIpc) is 3.43. The maximum absolute atomic E-state index is 8.40. The summed E-state index contributed by atoms with van der Waals surface area (Å²) in [4.78, 5) is 14.0. The van der Waals surface area contributed by atoms with E-state index in [1.165, 1.54) is 0 Å². The van der Waals surface area contributed by atoms with Gasteiger partial charge in [0, 0.05) is 45.0 Å². The lowest BCUT2D eigenvalue weighted by molar-refractivity contribution is 1.29. The van der Waals surface area contributed by atoms with Gasteiger partial charge in [-0.2, -0.15) is 0 Å². The summed E-state index contributed by atoms with van der Waals surface area (Å²) in [6.45, 7) is -2.31. The predicted octanol–water partition coefficient (Wildman–Crippen LogP) is 16.9. The molecule has 8 aromatic carbocycles. The molecule has 316 valence electrons. The standard InChI is InChI=1S/C64H45N3/c1-44-39-64(67-43-61(44)45-15-3-2-4-16-45)51-35-29-48(30-36-51)57-19-7-10-22-60(57)54-41-52(58-20-8-5-17-55(58)46-25-31-49(32-26-46)62-23-11-13-37-65-62)40-53(42-54)59-21-9-6-18-56(59)47-27-33-50(34-28-47)63-24-12-14-38-66-63/h2-43H,1H3/i1D3. The highest BCUT2D eigenvalue weighted by Crippen LogP contribution is 2.43. The Morgan fingerprint density at radius 3 is 0.955 bits per heavy atom. The maximum Gasteiger partial charge on any atom is 0.0705 e. The van der Waals surface area contributed by atoms with Crippen LogP contribution in [0.2, 0.25) is 0 Å². The Labute approximate surface area is 396 Å². The van der Waals surface area contributed by atoms with E-state index >= 15 is 0 Å². The van der Waals surface area contributed by atoms with Crippen LogP contribution in [0.4, 0.5) is 0 Å². The highest BCUT2D eigenvalue weighted by molar-refractivity contribution is 5.94. The molecule has 3 aromatic heterocycles. The fraction of sp³-hybridized carbons (Fsp3) is 0.0156. The molecule has 0 aliphatic rings. The number of aryl methyl sites for hydroxylation is 1. The van der Waals surface area contributed by atoms with Crippen molar-refractivity contribution in [3.8, 4) is 112 Å². The molecule has 0 bridgehead atoms. The lowest BCUT2D eigenvalue weighted by atomic mass is 9.86. The largest absolute Gasteiger partial charge is 0.256 e. The molecule has 67 heavy (non-hydrogen) atoms. The van der Waals surface area contributed by atoms with E-state index in [1.54, 1.807) is 12.3 Å². The molecule has 0 amide bonds. The second-order valence-electron chi connectivity index (χ2n) is 16.6. The van der Waals surface area contributed by atoms with Crippen molar-refractivity contribution in [2.24, 2.45) is 0 Å². The predicted molar refractivity (Wildman–Crippen MR) is 279 cm³/mol. The maximum atomic E-state index is 8.40. The molecule has 0 N–H and O–H groups in total. The van der Waals surface area contributed by atoms with E-state index in [2.05, 4.69) is 162 Å². The lowest BCUT2D eigenvalue weighted by Crippen LogP contribution is -1.92. The van der Waals surface area contributed by atoms with Gasteiger partial charge in [0.1, 0.15) is 0 Å². The number of pyridine rings is 3. The van der Waals surface area contributed by atoms with Crippen LogP contribution < -0.4 is 0 Å². The van der Waals surface area contributed by atoms with Crippen molar-refractivity contribution in [2.75, 3.05) is 0 Å². The molecule has 3 nitrogen and oxygen atoms in total. The summed E-state index contributed by atoms with van der Waals surface area (Å²) in [5, 5.41) is 0. The highest BCUT2D eigenvalue weighted by atomic mass is 14.7. The molecular weight excluding hydrogens is 811 g/mol. The first-order valence-electron chi connectivity index (χ1n) is 24.0. The molecular formula is C64H45N3. The van der Waals surface area contributed by atoms with Crippen molar-refractivity contribution in [2.45, 2.75) is 6.85 Å². The van der Waals surface area contributed by atoms with Gasteiger partial charge in [-0.25, -0.2) is 0 Å². The second kappa shape index (κ2) is 18.4. The van der Waals surface area contributed by atoms with Gasteiger partial charge in [-0.15, -0.1) is 0 Å². The van der Waals surface area contributed by atoms with Crippen LogP contribution in [-0.2, 0) is 0 Å². The van der Waals surface area contributed by atoms with Crippen LogP contribution in [0.25, 0.3) is 112 Å². The summed E-state index contributed by atoms with van der Waals surface area (Å²) in [5.74, 6) is 0. The van der Waals surface area contributed by atoms with Gasteiger partial charge in [0.15, 0.2) is 0 Å². The Balaban J connectivity index is 1.02.